The largest absolute Gasteiger partial charge is 0.339 e. The highest BCUT2D eigenvalue weighted by molar-refractivity contribution is 5.95. The average Bonchev–Trinajstić information content (AvgIpc) is 3.11. The zero-order valence-corrected chi connectivity index (χ0v) is 15.6. The Hall–Kier alpha value is -3.09. The lowest BCUT2D eigenvalue weighted by molar-refractivity contribution is -0.130. The maximum absolute atomic E-state index is 12.8. The van der Waals surface area contributed by atoms with Crippen LogP contribution in [0.25, 0.3) is 0 Å². The van der Waals surface area contributed by atoms with Gasteiger partial charge in [-0.2, -0.15) is 0 Å². The van der Waals surface area contributed by atoms with Gasteiger partial charge in [0.2, 0.25) is 11.8 Å². The monoisotopic (exact) mass is 368 g/mol. The van der Waals surface area contributed by atoms with Crippen LogP contribution in [0.5, 0.6) is 0 Å². The molecule has 7 nitrogen and oxygen atoms in total. The van der Waals surface area contributed by atoms with Crippen molar-refractivity contribution in [2.24, 2.45) is 0 Å². The van der Waals surface area contributed by atoms with Crippen LogP contribution in [0.1, 0.15) is 23.0 Å². The molecule has 1 saturated heterocycles. The predicted molar refractivity (Wildman–Crippen MR) is 102 cm³/mol. The molecule has 0 saturated carbocycles. The first-order valence-electron chi connectivity index (χ1n) is 9.01. The van der Waals surface area contributed by atoms with Gasteiger partial charge in [0, 0.05) is 45.0 Å². The Morgan fingerprint density at radius 1 is 0.963 bits per heavy atom. The van der Waals surface area contributed by atoms with Gasteiger partial charge in [0.25, 0.3) is 5.91 Å². The normalized spacial score (nSPS) is 14.1. The second-order valence-corrected chi connectivity index (χ2v) is 6.68. The molecule has 1 fully saturated rings. The second-order valence-electron chi connectivity index (χ2n) is 6.68. The molecule has 3 rings (SSSR count). The van der Waals surface area contributed by atoms with Crippen molar-refractivity contribution in [3.63, 3.8) is 0 Å². The highest BCUT2D eigenvalue weighted by Gasteiger charge is 2.25. The standard InChI is InChI=1S/C20H24N4O3/c1-15-6-3-4-7-17(15)21-19(26)14-24-9-5-8-18(24)20(27)23-12-10-22(11-13-23)16(2)25/h3-9H,10-14H2,1-2H3,(H,21,26). The van der Waals surface area contributed by atoms with Gasteiger partial charge < -0.3 is 19.7 Å². The van der Waals surface area contributed by atoms with Gasteiger partial charge in [-0.1, -0.05) is 18.2 Å². The van der Waals surface area contributed by atoms with Crippen LogP contribution in [0.15, 0.2) is 42.6 Å². The van der Waals surface area contributed by atoms with E-state index >= 15 is 0 Å². The molecule has 0 aliphatic carbocycles. The number of anilines is 1. The summed E-state index contributed by atoms with van der Waals surface area (Å²) in [4.78, 5) is 40.1. The molecule has 27 heavy (non-hydrogen) atoms. The van der Waals surface area contributed by atoms with Crippen LogP contribution >= 0.6 is 0 Å². The molecule has 2 heterocycles. The maximum Gasteiger partial charge on any atom is 0.270 e. The van der Waals surface area contributed by atoms with Gasteiger partial charge in [-0.25, -0.2) is 0 Å². The summed E-state index contributed by atoms with van der Waals surface area (Å²) < 4.78 is 1.66. The number of piperazine rings is 1. The number of amides is 3. The molecule has 7 heteroatoms. The summed E-state index contributed by atoms with van der Waals surface area (Å²) in [6.45, 7) is 5.61. The Balaban J connectivity index is 1.64. The Labute approximate surface area is 158 Å². The summed E-state index contributed by atoms with van der Waals surface area (Å²) in [6, 6.07) is 11.1. The summed E-state index contributed by atoms with van der Waals surface area (Å²) in [5.41, 5.74) is 2.23. The summed E-state index contributed by atoms with van der Waals surface area (Å²) in [5.74, 6) is -0.277. The minimum absolute atomic E-state index is 0.0263. The van der Waals surface area contributed by atoms with Crippen molar-refractivity contribution >= 4 is 23.4 Å². The first-order chi connectivity index (χ1) is 13.0. The van der Waals surface area contributed by atoms with E-state index in [1.165, 1.54) is 6.92 Å². The van der Waals surface area contributed by atoms with Gasteiger partial charge in [0.15, 0.2) is 0 Å². The summed E-state index contributed by atoms with van der Waals surface area (Å²) in [5, 5.41) is 2.88. The lowest BCUT2D eigenvalue weighted by Gasteiger charge is -2.34. The van der Waals surface area contributed by atoms with Crippen LogP contribution in [0.4, 0.5) is 5.69 Å². The topological polar surface area (TPSA) is 74.7 Å². The highest BCUT2D eigenvalue weighted by atomic mass is 16.2. The third-order valence-corrected chi connectivity index (χ3v) is 4.79. The van der Waals surface area contributed by atoms with E-state index in [9.17, 15) is 14.4 Å². The minimum Gasteiger partial charge on any atom is -0.339 e. The van der Waals surface area contributed by atoms with E-state index in [1.807, 2.05) is 31.2 Å². The van der Waals surface area contributed by atoms with E-state index in [2.05, 4.69) is 5.32 Å². The number of benzene rings is 1. The van der Waals surface area contributed by atoms with Crippen LogP contribution in [0, 0.1) is 6.92 Å². The van der Waals surface area contributed by atoms with Gasteiger partial charge >= 0.3 is 0 Å². The molecule has 142 valence electrons. The fraction of sp³-hybridized carbons (Fsp3) is 0.350. The van der Waals surface area contributed by atoms with Crippen molar-refractivity contribution in [3.8, 4) is 0 Å². The van der Waals surface area contributed by atoms with E-state index in [0.717, 1.165) is 11.3 Å². The van der Waals surface area contributed by atoms with Crippen molar-refractivity contribution < 1.29 is 14.4 Å². The number of aryl methyl sites for hydroxylation is 1. The van der Waals surface area contributed by atoms with Gasteiger partial charge in [-0.15, -0.1) is 0 Å². The summed E-state index contributed by atoms with van der Waals surface area (Å²) in [7, 11) is 0. The van der Waals surface area contributed by atoms with E-state index in [0.29, 0.717) is 31.9 Å². The lowest BCUT2D eigenvalue weighted by atomic mass is 10.2. The smallest absolute Gasteiger partial charge is 0.270 e. The molecule has 1 N–H and O–H groups in total. The van der Waals surface area contributed by atoms with E-state index in [4.69, 9.17) is 0 Å². The zero-order chi connectivity index (χ0) is 19.4. The number of hydrogen-bond acceptors (Lipinski definition) is 3. The number of rotatable bonds is 4. The number of carbonyl (C=O) groups is 3. The Kier molecular flexibility index (Phi) is 5.59. The fourth-order valence-corrected chi connectivity index (χ4v) is 3.19. The van der Waals surface area contributed by atoms with Crippen molar-refractivity contribution in [3.05, 3.63) is 53.9 Å². The average molecular weight is 368 g/mol. The molecule has 1 aliphatic heterocycles. The third-order valence-electron chi connectivity index (χ3n) is 4.79. The lowest BCUT2D eigenvalue weighted by Crippen LogP contribution is -2.50. The number of carbonyl (C=O) groups excluding carboxylic acids is 3. The van der Waals surface area contributed by atoms with Crippen molar-refractivity contribution in [1.29, 1.82) is 0 Å². The number of aromatic nitrogens is 1. The number of nitrogens with zero attached hydrogens (tertiary/aromatic N) is 3. The molecule has 1 aromatic carbocycles. The third kappa shape index (κ3) is 4.36. The highest BCUT2D eigenvalue weighted by Crippen LogP contribution is 2.14. The van der Waals surface area contributed by atoms with E-state index in [-0.39, 0.29) is 24.3 Å². The molecular formula is C20H24N4O3. The molecule has 3 amide bonds. The minimum atomic E-state index is -0.184. The number of para-hydroxylation sites is 1. The van der Waals surface area contributed by atoms with Crippen LogP contribution < -0.4 is 5.32 Å². The molecule has 0 spiro atoms. The quantitative estimate of drug-likeness (QED) is 0.893. The van der Waals surface area contributed by atoms with Crippen molar-refractivity contribution in [2.45, 2.75) is 20.4 Å². The molecular weight excluding hydrogens is 344 g/mol. The molecule has 1 aromatic heterocycles. The van der Waals surface area contributed by atoms with Gasteiger partial charge in [-0.05, 0) is 30.7 Å². The van der Waals surface area contributed by atoms with Crippen molar-refractivity contribution in [2.75, 3.05) is 31.5 Å². The number of nitrogens with one attached hydrogen (secondary N) is 1. The van der Waals surface area contributed by atoms with Crippen LogP contribution in [0.2, 0.25) is 0 Å². The van der Waals surface area contributed by atoms with Gasteiger partial charge in [-0.3, -0.25) is 14.4 Å². The Morgan fingerprint density at radius 3 is 2.30 bits per heavy atom. The molecule has 0 atom stereocenters. The van der Waals surface area contributed by atoms with Crippen LogP contribution in [-0.4, -0.2) is 58.3 Å². The predicted octanol–water partition coefficient (Wildman–Crippen LogP) is 1.74. The fourth-order valence-electron chi connectivity index (χ4n) is 3.19. The molecule has 0 unspecified atom stereocenters. The SMILES string of the molecule is CC(=O)N1CCN(C(=O)c2cccn2CC(=O)Nc2ccccc2C)CC1. The maximum atomic E-state index is 12.8. The molecule has 1 aliphatic rings. The Morgan fingerprint density at radius 2 is 1.63 bits per heavy atom. The van der Waals surface area contributed by atoms with E-state index in [1.54, 1.807) is 32.7 Å². The second kappa shape index (κ2) is 8.07. The van der Waals surface area contributed by atoms with Gasteiger partial charge in [0.05, 0.1) is 0 Å². The number of hydrogen-bond donors (Lipinski definition) is 1. The first-order valence-corrected chi connectivity index (χ1v) is 9.01. The summed E-state index contributed by atoms with van der Waals surface area (Å²) >= 11 is 0. The molecule has 2 aromatic rings. The molecule has 0 radical (unpaired) electrons. The van der Waals surface area contributed by atoms with E-state index < -0.39 is 0 Å². The van der Waals surface area contributed by atoms with Crippen molar-refractivity contribution in [1.82, 2.24) is 14.4 Å². The Bertz CT molecular complexity index is 850. The first kappa shape index (κ1) is 18.7. The van der Waals surface area contributed by atoms with Crippen LogP contribution in [-0.2, 0) is 16.1 Å². The van der Waals surface area contributed by atoms with Crippen LogP contribution in [0.3, 0.4) is 0 Å². The molecule has 0 bridgehead atoms. The summed E-state index contributed by atoms with van der Waals surface area (Å²) in [6.07, 6.45) is 1.73. The zero-order valence-electron chi connectivity index (χ0n) is 15.6. The van der Waals surface area contributed by atoms with Gasteiger partial charge in [0.1, 0.15) is 12.2 Å².